The predicted octanol–water partition coefficient (Wildman–Crippen LogP) is 3.88. The topological polar surface area (TPSA) is 26.3 Å². The Hall–Kier alpha value is -1.68. The van der Waals surface area contributed by atoms with Gasteiger partial charge in [0.05, 0.1) is 12.0 Å². The van der Waals surface area contributed by atoms with Gasteiger partial charge in [-0.3, -0.25) is 4.79 Å². The highest BCUT2D eigenvalue weighted by atomic mass is 32.1. The van der Waals surface area contributed by atoms with E-state index < -0.39 is 5.82 Å². The fourth-order valence-electron chi connectivity index (χ4n) is 1.83. The molecule has 1 heterocycles. The number of thiophene rings is 1. The second-order valence-corrected chi connectivity index (χ2v) is 5.32. The summed E-state index contributed by atoms with van der Waals surface area (Å²) in [7, 11) is 1.41. The van der Waals surface area contributed by atoms with Crippen LogP contribution in [0.3, 0.4) is 0 Å². The molecule has 19 heavy (non-hydrogen) atoms. The maximum atomic E-state index is 13.9. The minimum absolute atomic E-state index is 0.0585. The van der Waals surface area contributed by atoms with Crippen LogP contribution in [0.2, 0.25) is 0 Å². The van der Waals surface area contributed by atoms with Crippen LogP contribution in [0, 0.1) is 5.82 Å². The summed E-state index contributed by atoms with van der Waals surface area (Å²) in [4.78, 5) is 13.9. The van der Waals surface area contributed by atoms with Gasteiger partial charge in [0.2, 0.25) is 0 Å². The Labute approximate surface area is 115 Å². The molecule has 0 N–H and O–H groups in total. The SMILES string of the molecule is CCc1ccc(C(=O)Cc2cccc(OC)c2F)s1. The van der Waals surface area contributed by atoms with Gasteiger partial charge in [0.25, 0.3) is 0 Å². The molecular formula is C15H15FO2S. The molecule has 2 nitrogen and oxygen atoms in total. The number of ketones is 1. The number of halogens is 1. The Morgan fingerprint density at radius 1 is 1.32 bits per heavy atom. The molecule has 2 rings (SSSR count). The average Bonchev–Trinajstić information content (AvgIpc) is 2.90. The van der Waals surface area contributed by atoms with Crippen molar-refractivity contribution >= 4 is 17.1 Å². The molecule has 0 aliphatic carbocycles. The summed E-state index contributed by atoms with van der Waals surface area (Å²) in [6.07, 6.45) is 0.970. The van der Waals surface area contributed by atoms with E-state index in [2.05, 4.69) is 0 Å². The minimum Gasteiger partial charge on any atom is -0.494 e. The number of methoxy groups -OCH3 is 1. The van der Waals surface area contributed by atoms with E-state index in [0.717, 1.165) is 11.3 Å². The Morgan fingerprint density at radius 2 is 2.11 bits per heavy atom. The Kier molecular flexibility index (Phi) is 4.32. The summed E-state index contributed by atoms with van der Waals surface area (Å²) in [5, 5.41) is 0. The molecule has 0 radical (unpaired) electrons. The Morgan fingerprint density at radius 3 is 2.74 bits per heavy atom. The van der Waals surface area contributed by atoms with Gasteiger partial charge in [0.1, 0.15) is 0 Å². The maximum Gasteiger partial charge on any atom is 0.177 e. The molecule has 0 bridgehead atoms. The zero-order valence-corrected chi connectivity index (χ0v) is 11.7. The van der Waals surface area contributed by atoms with Crippen LogP contribution in [-0.4, -0.2) is 12.9 Å². The smallest absolute Gasteiger partial charge is 0.177 e. The average molecular weight is 278 g/mol. The lowest BCUT2D eigenvalue weighted by atomic mass is 10.1. The van der Waals surface area contributed by atoms with E-state index in [9.17, 15) is 9.18 Å². The lowest BCUT2D eigenvalue weighted by molar-refractivity contribution is 0.0995. The number of carbonyl (C=O) groups excluding carboxylic acids is 1. The third kappa shape index (κ3) is 3.01. The summed E-state index contributed by atoms with van der Waals surface area (Å²) < 4.78 is 18.9. The molecule has 2 aromatic rings. The number of ether oxygens (including phenoxy) is 1. The molecule has 0 saturated carbocycles. The zero-order valence-electron chi connectivity index (χ0n) is 10.9. The Bertz CT molecular complexity index is 590. The second kappa shape index (κ2) is 5.97. The summed E-state index contributed by atoms with van der Waals surface area (Å²) in [6, 6.07) is 8.61. The fourth-order valence-corrected chi connectivity index (χ4v) is 2.71. The van der Waals surface area contributed by atoms with Gasteiger partial charge >= 0.3 is 0 Å². The lowest BCUT2D eigenvalue weighted by Gasteiger charge is -2.06. The van der Waals surface area contributed by atoms with Gasteiger partial charge in [-0.15, -0.1) is 11.3 Å². The third-order valence-electron chi connectivity index (χ3n) is 2.90. The molecule has 1 aromatic carbocycles. The van der Waals surface area contributed by atoms with E-state index in [4.69, 9.17) is 4.74 Å². The van der Waals surface area contributed by atoms with Crippen molar-refractivity contribution < 1.29 is 13.9 Å². The first-order chi connectivity index (χ1) is 9.15. The highest BCUT2D eigenvalue weighted by Gasteiger charge is 2.14. The molecule has 0 unspecified atom stereocenters. The molecule has 100 valence electrons. The van der Waals surface area contributed by atoms with Gasteiger partial charge in [-0.05, 0) is 30.2 Å². The maximum absolute atomic E-state index is 13.9. The number of hydrogen-bond donors (Lipinski definition) is 0. The van der Waals surface area contributed by atoms with Crippen LogP contribution < -0.4 is 4.74 Å². The Balaban J connectivity index is 2.19. The van der Waals surface area contributed by atoms with Crippen molar-refractivity contribution in [2.75, 3.05) is 7.11 Å². The highest BCUT2D eigenvalue weighted by molar-refractivity contribution is 7.14. The number of rotatable bonds is 5. The quantitative estimate of drug-likeness (QED) is 0.776. The standard InChI is InChI=1S/C15H15FO2S/c1-3-11-7-8-14(19-11)12(17)9-10-5-4-6-13(18-2)15(10)16/h4-8H,3,9H2,1-2H3. The van der Waals surface area contributed by atoms with Crippen LogP contribution in [0.25, 0.3) is 0 Å². The number of hydrogen-bond acceptors (Lipinski definition) is 3. The first-order valence-corrected chi connectivity index (χ1v) is 6.90. The second-order valence-electron chi connectivity index (χ2n) is 4.15. The van der Waals surface area contributed by atoms with Crippen molar-refractivity contribution in [1.82, 2.24) is 0 Å². The number of benzene rings is 1. The monoisotopic (exact) mass is 278 g/mol. The van der Waals surface area contributed by atoms with Crippen LogP contribution in [0.4, 0.5) is 4.39 Å². The van der Waals surface area contributed by atoms with Crippen molar-refractivity contribution in [2.24, 2.45) is 0 Å². The van der Waals surface area contributed by atoms with Crippen LogP contribution >= 0.6 is 11.3 Å². The van der Waals surface area contributed by atoms with Crippen molar-refractivity contribution in [3.63, 3.8) is 0 Å². The molecule has 0 spiro atoms. The number of Topliss-reactive ketones (excluding diaryl/α,β-unsaturated/α-hetero) is 1. The van der Waals surface area contributed by atoms with Gasteiger partial charge in [-0.1, -0.05) is 19.1 Å². The molecule has 0 fully saturated rings. The lowest BCUT2D eigenvalue weighted by Crippen LogP contribution is -2.04. The van der Waals surface area contributed by atoms with Crippen LogP contribution in [0.1, 0.15) is 27.0 Å². The molecule has 0 saturated heterocycles. The summed E-state index contributed by atoms with van der Waals surface area (Å²) in [5.41, 5.74) is 0.371. The third-order valence-corrected chi connectivity index (χ3v) is 4.17. The first kappa shape index (κ1) is 13.7. The van der Waals surface area contributed by atoms with E-state index in [1.807, 2.05) is 19.1 Å². The van der Waals surface area contributed by atoms with E-state index in [0.29, 0.717) is 10.4 Å². The fraction of sp³-hybridized carbons (Fsp3) is 0.267. The molecule has 1 aromatic heterocycles. The normalized spacial score (nSPS) is 10.5. The van der Waals surface area contributed by atoms with Gasteiger partial charge in [0.15, 0.2) is 17.3 Å². The predicted molar refractivity (Wildman–Crippen MR) is 74.7 cm³/mol. The van der Waals surface area contributed by atoms with Crippen molar-refractivity contribution in [3.05, 3.63) is 51.5 Å². The molecule has 0 aliphatic rings. The largest absolute Gasteiger partial charge is 0.494 e. The van der Waals surface area contributed by atoms with Crippen molar-refractivity contribution in [1.29, 1.82) is 0 Å². The highest BCUT2D eigenvalue weighted by Crippen LogP contribution is 2.23. The first-order valence-electron chi connectivity index (χ1n) is 6.09. The van der Waals surface area contributed by atoms with Crippen molar-refractivity contribution in [2.45, 2.75) is 19.8 Å². The van der Waals surface area contributed by atoms with Crippen LogP contribution in [0.5, 0.6) is 5.75 Å². The van der Waals surface area contributed by atoms with Crippen molar-refractivity contribution in [3.8, 4) is 5.75 Å². The summed E-state index contributed by atoms with van der Waals surface area (Å²) in [5.74, 6) is -0.340. The molecule has 0 atom stereocenters. The van der Waals surface area contributed by atoms with E-state index in [1.165, 1.54) is 18.4 Å². The van der Waals surface area contributed by atoms with E-state index in [-0.39, 0.29) is 18.0 Å². The van der Waals surface area contributed by atoms with E-state index >= 15 is 0 Å². The van der Waals surface area contributed by atoms with Crippen LogP contribution in [-0.2, 0) is 12.8 Å². The number of carbonyl (C=O) groups is 1. The van der Waals surface area contributed by atoms with Gasteiger partial charge in [0, 0.05) is 11.3 Å². The zero-order chi connectivity index (χ0) is 13.8. The van der Waals surface area contributed by atoms with Gasteiger partial charge < -0.3 is 4.74 Å². The molecule has 0 amide bonds. The van der Waals surface area contributed by atoms with E-state index in [1.54, 1.807) is 18.2 Å². The summed E-state index contributed by atoms with van der Waals surface area (Å²) in [6.45, 7) is 2.04. The van der Waals surface area contributed by atoms with Crippen LogP contribution in [0.15, 0.2) is 30.3 Å². The minimum atomic E-state index is -0.453. The number of aryl methyl sites for hydroxylation is 1. The molecular weight excluding hydrogens is 263 g/mol. The molecule has 0 aliphatic heterocycles. The summed E-state index contributed by atoms with van der Waals surface area (Å²) >= 11 is 1.47. The molecule has 4 heteroatoms. The van der Waals surface area contributed by atoms with Gasteiger partial charge in [-0.2, -0.15) is 0 Å². The van der Waals surface area contributed by atoms with Gasteiger partial charge in [-0.25, -0.2) is 4.39 Å².